The normalized spacial score (nSPS) is 16.6. The first-order chi connectivity index (χ1) is 13.9. The Labute approximate surface area is 161 Å². The zero-order chi connectivity index (χ0) is 18.8. The summed E-state index contributed by atoms with van der Waals surface area (Å²) in [6.45, 7) is 1.97. The highest BCUT2D eigenvalue weighted by molar-refractivity contribution is 5.18. The van der Waals surface area contributed by atoms with Crippen LogP contribution in [-0.4, -0.2) is 49.7 Å². The molecular weight excluding hydrogens is 356 g/mol. The molecule has 10 heteroatoms. The molecule has 1 aliphatic heterocycles. The molecule has 1 aliphatic rings. The summed E-state index contributed by atoms with van der Waals surface area (Å²) < 4.78 is 5.61. The number of rotatable bonds is 5. The molecule has 0 bridgehead atoms. The molecule has 0 saturated heterocycles. The van der Waals surface area contributed by atoms with E-state index in [1.54, 1.807) is 11.0 Å². The second kappa shape index (κ2) is 7.29. The average Bonchev–Trinajstić information content (AvgIpc) is 3.44. The molecule has 0 amide bonds. The van der Waals surface area contributed by atoms with E-state index in [2.05, 4.69) is 37.7 Å². The maximum Gasteiger partial charge on any atom is 0.172 e. The minimum Gasteiger partial charge on any atom is -0.245 e. The maximum atomic E-state index is 4.88. The maximum absolute atomic E-state index is 4.88. The van der Waals surface area contributed by atoms with Crippen molar-refractivity contribution in [3.63, 3.8) is 0 Å². The van der Waals surface area contributed by atoms with E-state index in [4.69, 9.17) is 10.1 Å². The van der Waals surface area contributed by atoms with Crippen LogP contribution in [0.25, 0.3) is 0 Å². The summed E-state index contributed by atoms with van der Waals surface area (Å²) in [6.07, 6.45) is 6.29. The van der Waals surface area contributed by atoms with E-state index in [9.17, 15) is 0 Å². The van der Waals surface area contributed by atoms with Crippen LogP contribution in [0.2, 0.25) is 0 Å². The van der Waals surface area contributed by atoms with Gasteiger partial charge in [-0.3, -0.25) is 0 Å². The molecule has 1 unspecified atom stereocenters. The summed E-state index contributed by atoms with van der Waals surface area (Å²) in [5, 5.41) is 21.3. The SMILES string of the molecule is c1ccc(Cn2nc(Cn3cncn3)nc2C2CCCCn3nnnc32)cc1. The van der Waals surface area contributed by atoms with Crippen molar-refractivity contribution in [1.29, 1.82) is 0 Å². The summed E-state index contributed by atoms with van der Waals surface area (Å²) in [5.41, 5.74) is 1.18. The molecule has 142 valence electrons. The number of nitrogens with zero attached hydrogens (tertiary/aromatic N) is 10. The van der Waals surface area contributed by atoms with Gasteiger partial charge in [-0.1, -0.05) is 36.8 Å². The average molecular weight is 376 g/mol. The molecule has 0 radical (unpaired) electrons. The highest BCUT2D eigenvalue weighted by Gasteiger charge is 2.29. The van der Waals surface area contributed by atoms with E-state index in [1.807, 2.05) is 27.6 Å². The Bertz CT molecular complexity index is 1030. The van der Waals surface area contributed by atoms with Crippen molar-refractivity contribution in [1.82, 2.24) is 49.7 Å². The molecule has 3 aromatic heterocycles. The predicted octanol–water partition coefficient (Wildman–Crippen LogP) is 1.27. The predicted molar refractivity (Wildman–Crippen MR) is 98.2 cm³/mol. The number of aromatic nitrogens is 10. The Morgan fingerprint density at radius 3 is 2.82 bits per heavy atom. The lowest BCUT2D eigenvalue weighted by Crippen LogP contribution is -2.15. The molecule has 0 aliphatic carbocycles. The number of hydrogen-bond donors (Lipinski definition) is 0. The van der Waals surface area contributed by atoms with Crippen LogP contribution in [0.1, 0.15) is 48.2 Å². The van der Waals surface area contributed by atoms with Crippen LogP contribution in [0.3, 0.4) is 0 Å². The molecule has 1 atom stereocenters. The second-order valence-electron chi connectivity index (χ2n) is 6.93. The van der Waals surface area contributed by atoms with E-state index >= 15 is 0 Å². The minimum absolute atomic E-state index is 0.0261. The zero-order valence-corrected chi connectivity index (χ0v) is 15.3. The van der Waals surface area contributed by atoms with E-state index in [0.717, 1.165) is 37.5 Å². The van der Waals surface area contributed by atoms with Gasteiger partial charge in [0.05, 0.1) is 12.5 Å². The third-order valence-corrected chi connectivity index (χ3v) is 4.99. The summed E-state index contributed by atoms with van der Waals surface area (Å²) in [6, 6.07) is 10.3. The monoisotopic (exact) mass is 376 g/mol. The van der Waals surface area contributed by atoms with Crippen molar-refractivity contribution in [3.05, 3.63) is 66.0 Å². The number of fused-ring (bicyclic) bond motifs is 1. The van der Waals surface area contributed by atoms with Gasteiger partial charge in [0.1, 0.15) is 25.0 Å². The van der Waals surface area contributed by atoms with Crippen molar-refractivity contribution >= 4 is 0 Å². The molecule has 0 spiro atoms. The fourth-order valence-corrected chi connectivity index (χ4v) is 3.66. The van der Waals surface area contributed by atoms with Crippen LogP contribution in [0.4, 0.5) is 0 Å². The Kier molecular flexibility index (Phi) is 4.36. The highest BCUT2D eigenvalue weighted by atomic mass is 15.5. The molecule has 4 heterocycles. The molecule has 1 aromatic carbocycles. The summed E-state index contributed by atoms with van der Waals surface area (Å²) >= 11 is 0. The first kappa shape index (κ1) is 16.7. The van der Waals surface area contributed by atoms with E-state index in [0.29, 0.717) is 18.9 Å². The first-order valence-corrected chi connectivity index (χ1v) is 9.43. The van der Waals surface area contributed by atoms with Crippen LogP contribution in [0.5, 0.6) is 0 Å². The number of hydrogen-bond acceptors (Lipinski definition) is 7. The third-order valence-electron chi connectivity index (χ3n) is 4.99. The Morgan fingerprint density at radius 2 is 1.96 bits per heavy atom. The number of tetrazole rings is 1. The largest absolute Gasteiger partial charge is 0.245 e. The molecular formula is C18H20N10. The van der Waals surface area contributed by atoms with Crippen molar-refractivity contribution < 1.29 is 0 Å². The fraction of sp³-hybridized carbons (Fsp3) is 0.389. The van der Waals surface area contributed by atoms with Gasteiger partial charge >= 0.3 is 0 Å². The van der Waals surface area contributed by atoms with Crippen molar-refractivity contribution in [2.75, 3.05) is 0 Å². The van der Waals surface area contributed by atoms with Crippen molar-refractivity contribution in [2.45, 2.75) is 44.8 Å². The van der Waals surface area contributed by atoms with Crippen LogP contribution in [0, 0.1) is 0 Å². The van der Waals surface area contributed by atoms with Crippen LogP contribution < -0.4 is 0 Å². The van der Waals surface area contributed by atoms with Crippen LogP contribution >= 0.6 is 0 Å². The molecule has 28 heavy (non-hydrogen) atoms. The van der Waals surface area contributed by atoms with E-state index in [1.165, 1.54) is 11.9 Å². The van der Waals surface area contributed by atoms with Crippen LogP contribution in [-0.2, 0) is 19.6 Å². The van der Waals surface area contributed by atoms with Gasteiger partial charge in [0.2, 0.25) is 0 Å². The van der Waals surface area contributed by atoms with Gasteiger partial charge in [0.25, 0.3) is 0 Å². The Hall–Kier alpha value is -3.43. The molecule has 0 N–H and O–H groups in total. The number of benzene rings is 1. The lowest BCUT2D eigenvalue weighted by atomic mass is 10.0. The molecule has 4 aromatic rings. The lowest BCUT2D eigenvalue weighted by molar-refractivity contribution is 0.553. The third kappa shape index (κ3) is 3.28. The molecule has 0 fully saturated rings. The Balaban J connectivity index is 1.54. The van der Waals surface area contributed by atoms with Gasteiger partial charge in [0.15, 0.2) is 11.6 Å². The van der Waals surface area contributed by atoms with Gasteiger partial charge in [-0.2, -0.15) is 10.2 Å². The van der Waals surface area contributed by atoms with Crippen molar-refractivity contribution in [2.24, 2.45) is 0 Å². The molecule has 5 rings (SSSR count). The summed E-state index contributed by atoms with van der Waals surface area (Å²) in [7, 11) is 0. The number of aryl methyl sites for hydroxylation is 1. The Morgan fingerprint density at radius 1 is 1.04 bits per heavy atom. The minimum atomic E-state index is 0.0261. The van der Waals surface area contributed by atoms with Gasteiger partial charge in [-0.05, 0) is 28.8 Å². The summed E-state index contributed by atoms with van der Waals surface area (Å²) in [5.74, 6) is 2.50. The second-order valence-corrected chi connectivity index (χ2v) is 6.93. The molecule has 10 nitrogen and oxygen atoms in total. The lowest BCUT2D eigenvalue weighted by Gasteiger charge is -2.14. The van der Waals surface area contributed by atoms with Gasteiger partial charge in [-0.15, -0.1) is 5.10 Å². The topological polar surface area (TPSA) is 105 Å². The smallest absolute Gasteiger partial charge is 0.172 e. The highest BCUT2D eigenvalue weighted by Crippen LogP contribution is 2.30. The van der Waals surface area contributed by atoms with Gasteiger partial charge in [-0.25, -0.2) is 24.0 Å². The van der Waals surface area contributed by atoms with Crippen LogP contribution in [0.15, 0.2) is 43.0 Å². The fourth-order valence-electron chi connectivity index (χ4n) is 3.66. The summed E-state index contributed by atoms with van der Waals surface area (Å²) in [4.78, 5) is 8.88. The van der Waals surface area contributed by atoms with E-state index in [-0.39, 0.29) is 5.92 Å². The standard InChI is InChI=1S/C18H20N10/c1-2-6-14(7-3-1)10-28-17(21-16(23-28)11-26-13-19-12-20-26)15-8-4-5-9-27-18(15)22-24-25-27/h1-3,6-7,12-13,15H,4-5,8-11H2. The molecule has 0 saturated carbocycles. The van der Waals surface area contributed by atoms with E-state index < -0.39 is 0 Å². The van der Waals surface area contributed by atoms with Gasteiger partial charge < -0.3 is 0 Å². The van der Waals surface area contributed by atoms with Crippen molar-refractivity contribution in [3.8, 4) is 0 Å². The van der Waals surface area contributed by atoms with Gasteiger partial charge in [0, 0.05) is 6.54 Å². The quantitative estimate of drug-likeness (QED) is 0.516. The zero-order valence-electron chi connectivity index (χ0n) is 15.3. The first-order valence-electron chi connectivity index (χ1n) is 9.43.